The van der Waals surface area contributed by atoms with Gasteiger partial charge in [-0.25, -0.2) is 0 Å². The van der Waals surface area contributed by atoms with Crippen LogP contribution in [0.3, 0.4) is 0 Å². The second-order valence-corrected chi connectivity index (χ2v) is 5.19. The molecule has 0 saturated heterocycles. The van der Waals surface area contributed by atoms with Crippen LogP contribution in [0.5, 0.6) is 0 Å². The first-order valence-corrected chi connectivity index (χ1v) is 6.21. The van der Waals surface area contributed by atoms with E-state index < -0.39 is 0 Å². The van der Waals surface area contributed by atoms with Gasteiger partial charge in [0, 0.05) is 6.54 Å². The van der Waals surface area contributed by atoms with Crippen LogP contribution in [0.25, 0.3) is 0 Å². The van der Waals surface area contributed by atoms with Crippen molar-refractivity contribution in [1.82, 2.24) is 5.32 Å². The Labute approximate surface area is 95.9 Å². The summed E-state index contributed by atoms with van der Waals surface area (Å²) in [5.41, 5.74) is 1.17. The van der Waals surface area contributed by atoms with Gasteiger partial charge >= 0.3 is 0 Å². The first-order chi connectivity index (χ1) is 7.14. The van der Waals surface area contributed by atoms with Gasteiger partial charge in [-0.1, -0.05) is 0 Å². The van der Waals surface area contributed by atoms with Crippen molar-refractivity contribution in [2.45, 2.75) is 33.2 Å². The number of nitrogens with one attached hydrogen (secondary N) is 1. The molecule has 1 N–H and O–H groups in total. The summed E-state index contributed by atoms with van der Waals surface area (Å²) in [6.45, 7) is 5.91. The van der Waals surface area contributed by atoms with Crippen LogP contribution in [0.4, 0.5) is 0 Å². The van der Waals surface area contributed by atoms with Crippen molar-refractivity contribution in [3.63, 3.8) is 0 Å². The molecule has 0 amide bonds. The van der Waals surface area contributed by atoms with Gasteiger partial charge in [0.05, 0.1) is 11.5 Å². The Morgan fingerprint density at radius 3 is 2.93 bits per heavy atom. The topological polar surface area (TPSA) is 35.8 Å². The minimum Gasteiger partial charge on any atom is -0.313 e. The van der Waals surface area contributed by atoms with Crippen LogP contribution in [-0.2, 0) is 6.54 Å². The van der Waals surface area contributed by atoms with Crippen molar-refractivity contribution in [2.24, 2.45) is 5.41 Å². The molecule has 82 valence electrons. The number of thiophene rings is 1. The fourth-order valence-electron chi connectivity index (χ4n) is 1.34. The molecule has 0 atom stereocenters. The number of rotatable bonds is 6. The molecule has 15 heavy (non-hydrogen) atoms. The Hall–Kier alpha value is -0.850. The molecule has 3 heteroatoms. The van der Waals surface area contributed by atoms with E-state index in [1.165, 1.54) is 5.56 Å². The highest BCUT2D eigenvalue weighted by molar-refractivity contribution is 7.07. The molecule has 0 aliphatic rings. The predicted octanol–water partition coefficient (Wildman–Crippen LogP) is 3.17. The van der Waals surface area contributed by atoms with Crippen LogP contribution in [0.15, 0.2) is 16.8 Å². The van der Waals surface area contributed by atoms with E-state index in [-0.39, 0.29) is 5.41 Å². The van der Waals surface area contributed by atoms with Crippen molar-refractivity contribution < 1.29 is 0 Å². The van der Waals surface area contributed by atoms with Gasteiger partial charge in [-0.3, -0.25) is 0 Å². The molecule has 1 aromatic heterocycles. The number of hydrogen-bond donors (Lipinski definition) is 1. The lowest BCUT2D eigenvalue weighted by Crippen LogP contribution is -2.17. The van der Waals surface area contributed by atoms with Crippen LogP contribution < -0.4 is 5.32 Å². The van der Waals surface area contributed by atoms with Crippen LogP contribution in [0, 0.1) is 16.7 Å². The third-order valence-corrected chi connectivity index (χ3v) is 3.10. The van der Waals surface area contributed by atoms with E-state index in [2.05, 4.69) is 28.2 Å². The predicted molar refractivity (Wildman–Crippen MR) is 64.7 cm³/mol. The average Bonchev–Trinajstić information content (AvgIpc) is 2.70. The maximum absolute atomic E-state index is 8.83. The van der Waals surface area contributed by atoms with E-state index in [1.54, 1.807) is 11.3 Å². The van der Waals surface area contributed by atoms with Gasteiger partial charge in [-0.2, -0.15) is 16.6 Å². The van der Waals surface area contributed by atoms with E-state index in [0.717, 1.165) is 25.9 Å². The maximum atomic E-state index is 8.83. The summed E-state index contributed by atoms with van der Waals surface area (Å²) in [5, 5.41) is 16.5. The molecule has 0 fully saturated rings. The molecule has 0 aliphatic heterocycles. The third kappa shape index (κ3) is 4.96. The fraction of sp³-hybridized carbons (Fsp3) is 0.583. The lowest BCUT2D eigenvalue weighted by molar-refractivity contribution is 0.426. The average molecular weight is 222 g/mol. The summed E-state index contributed by atoms with van der Waals surface area (Å²) in [6, 6.07) is 4.46. The molecule has 0 aromatic carbocycles. The smallest absolute Gasteiger partial charge is 0.0683 e. The highest BCUT2D eigenvalue weighted by Crippen LogP contribution is 2.19. The molecule has 2 nitrogen and oxygen atoms in total. The van der Waals surface area contributed by atoms with E-state index in [0.29, 0.717) is 0 Å². The molecule has 0 unspecified atom stereocenters. The van der Waals surface area contributed by atoms with Crippen molar-refractivity contribution >= 4 is 11.3 Å². The highest BCUT2D eigenvalue weighted by Gasteiger charge is 2.15. The summed E-state index contributed by atoms with van der Waals surface area (Å²) in [6.07, 6.45) is 2.02. The zero-order valence-corrected chi connectivity index (χ0v) is 10.2. The van der Waals surface area contributed by atoms with E-state index >= 15 is 0 Å². The van der Waals surface area contributed by atoms with E-state index in [1.807, 2.05) is 13.8 Å². The van der Waals surface area contributed by atoms with Gasteiger partial charge in [0.25, 0.3) is 0 Å². The Morgan fingerprint density at radius 1 is 1.53 bits per heavy atom. The Kier molecular flexibility index (Phi) is 4.80. The van der Waals surface area contributed by atoms with Crippen molar-refractivity contribution in [1.29, 1.82) is 5.26 Å². The van der Waals surface area contributed by atoms with Gasteiger partial charge in [-0.15, -0.1) is 0 Å². The van der Waals surface area contributed by atoms with Crippen molar-refractivity contribution in [3.8, 4) is 6.07 Å². The summed E-state index contributed by atoms with van der Waals surface area (Å²) in [4.78, 5) is 0. The molecular formula is C12H18N2S. The van der Waals surface area contributed by atoms with Gasteiger partial charge in [0.1, 0.15) is 0 Å². The molecule has 1 heterocycles. The maximum Gasteiger partial charge on any atom is 0.0683 e. The largest absolute Gasteiger partial charge is 0.313 e. The minimum absolute atomic E-state index is 0.177. The van der Waals surface area contributed by atoms with Crippen LogP contribution in [0.2, 0.25) is 0 Å². The van der Waals surface area contributed by atoms with Crippen molar-refractivity contribution in [3.05, 3.63) is 22.4 Å². The lowest BCUT2D eigenvalue weighted by Gasteiger charge is -2.14. The van der Waals surface area contributed by atoms with E-state index in [9.17, 15) is 0 Å². The summed E-state index contributed by atoms with van der Waals surface area (Å²) in [5.74, 6) is 0. The molecule has 0 radical (unpaired) electrons. The van der Waals surface area contributed by atoms with Crippen molar-refractivity contribution in [2.75, 3.05) is 6.54 Å². The normalized spacial score (nSPS) is 11.3. The van der Waals surface area contributed by atoms with Gasteiger partial charge in [0.15, 0.2) is 0 Å². The molecule has 0 saturated carbocycles. The third-order valence-electron chi connectivity index (χ3n) is 2.37. The lowest BCUT2D eigenvalue weighted by atomic mass is 9.90. The number of hydrogen-bond acceptors (Lipinski definition) is 3. The zero-order chi connectivity index (χ0) is 11.1. The molecule has 0 aliphatic carbocycles. The summed E-state index contributed by atoms with van der Waals surface area (Å²) in [7, 11) is 0. The van der Waals surface area contributed by atoms with Crippen LogP contribution in [0.1, 0.15) is 32.3 Å². The highest BCUT2D eigenvalue weighted by atomic mass is 32.1. The summed E-state index contributed by atoms with van der Waals surface area (Å²) >= 11 is 1.73. The molecule has 1 rings (SSSR count). The second kappa shape index (κ2) is 5.89. The monoisotopic (exact) mass is 222 g/mol. The first kappa shape index (κ1) is 12.2. The molecule has 0 spiro atoms. The standard InChI is InChI=1S/C12H18N2S/c1-12(2,10-13)5-3-6-14-8-11-4-7-15-9-11/h4,7,9,14H,3,5-6,8H2,1-2H3. The van der Waals surface area contributed by atoms with E-state index in [4.69, 9.17) is 5.26 Å². The minimum atomic E-state index is -0.177. The first-order valence-electron chi connectivity index (χ1n) is 5.27. The zero-order valence-electron chi connectivity index (χ0n) is 9.42. The Bertz CT molecular complexity index is 309. The van der Waals surface area contributed by atoms with Crippen LogP contribution in [-0.4, -0.2) is 6.54 Å². The second-order valence-electron chi connectivity index (χ2n) is 4.41. The molecular weight excluding hydrogens is 204 g/mol. The molecule has 0 bridgehead atoms. The quantitative estimate of drug-likeness (QED) is 0.750. The van der Waals surface area contributed by atoms with Gasteiger partial charge < -0.3 is 5.32 Å². The van der Waals surface area contributed by atoms with Crippen LogP contribution >= 0.6 is 11.3 Å². The Morgan fingerprint density at radius 2 is 2.33 bits per heavy atom. The Balaban J connectivity index is 2.06. The van der Waals surface area contributed by atoms with Gasteiger partial charge in [0.2, 0.25) is 0 Å². The number of nitriles is 1. The van der Waals surface area contributed by atoms with Gasteiger partial charge in [-0.05, 0) is 55.6 Å². The molecule has 1 aromatic rings. The SMILES string of the molecule is CC(C)(C#N)CCCNCc1ccsc1. The summed E-state index contributed by atoms with van der Waals surface area (Å²) < 4.78 is 0. The fourth-order valence-corrected chi connectivity index (χ4v) is 2.01. The number of nitrogens with zero attached hydrogens (tertiary/aromatic N) is 1.